The van der Waals surface area contributed by atoms with Gasteiger partial charge in [0.2, 0.25) is 0 Å². The van der Waals surface area contributed by atoms with Crippen LogP contribution in [0.1, 0.15) is 37.6 Å². The van der Waals surface area contributed by atoms with E-state index < -0.39 is 0 Å². The minimum atomic E-state index is 0.473. The van der Waals surface area contributed by atoms with Crippen LogP contribution in [-0.2, 0) is 6.54 Å². The van der Waals surface area contributed by atoms with Crippen LogP contribution < -0.4 is 10.6 Å². The number of hydrogen-bond donors (Lipinski definition) is 2. The zero-order chi connectivity index (χ0) is 12.1. The van der Waals surface area contributed by atoms with Crippen molar-refractivity contribution in [2.24, 2.45) is 5.41 Å². The van der Waals surface area contributed by atoms with Crippen LogP contribution in [0.15, 0.2) is 10.6 Å². The van der Waals surface area contributed by atoms with E-state index in [0.29, 0.717) is 5.41 Å². The van der Waals surface area contributed by atoms with E-state index in [4.69, 9.17) is 4.52 Å². The molecule has 4 nitrogen and oxygen atoms in total. The van der Waals surface area contributed by atoms with Gasteiger partial charge in [-0.25, -0.2) is 0 Å². The summed E-state index contributed by atoms with van der Waals surface area (Å²) in [5, 5.41) is 10.8. The Kier molecular flexibility index (Phi) is 4.18. The van der Waals surface area contributed by atoms with Gasteiger partial charge in [-0.2, -0.15) is 0 Å². The number of nitrogens with zero attached hydrogens (tertiary/aromatic N) is 1. The molecular weight excluding hydrogens is 214 g/mol. The Balaban J connectivity index is 1.79. The van der Waals surface area contributed by atoms with Crippen molar-refractivity contribution in [1.82, 2.24) is 15.8 Å². The molecule has 1 saturated heterocycles. The number of piperidine rings is 1. The predicted octanol–water partition coefficient (Wildman–Crippen LogP) is 1.85. The Morgan fingerprint density at radius 1 is 1.47 bits per heavy atom. The van der Waals surface area contributed by atoms with Gasteiger partial charge in [-0.05, 0) is 44.7 Å². The van der Waals surface area contributed by atoms with Crippen molar-refractivity contribution in [2.75, 3.05) is 19.6 Å². The van der Waals surface area contributed by atoms with Crippen molar-refractivity contribution in [3.63, 3.8) is 0 Å². The molecule has 2 rings (SSSR count). The molecule has 0 bridgehead atoms. The maximum atomic E-state index is 5.20. The lowest BCUT2D eigenvalue weighted by Crippen LogP contribution is -2.42. The molecule has 0 unspecified atom stereocenters. The van der Waals surface area contributed by atoms with E-state index >= 15 is 0 Å². The quantitative estimate of drug-likeness (QED) is 0.820. The van der Waals surface area contributed by atoms with Crippen LogP contribution >= 0.6 is 0 Å². The maximum absolute atomic E-state index is 5.20. The first-order chi connectivity index (χ1) is 8.24. The molecule has 1 aliphatic rings. The Morgan fingerprint density at radius 3 is 2.82 bits per heavy atom. The number of nitrogens with one attached hydrogen (secondary N) is 2. The standard InChI is InChI=1S/C13H23N3O/c1-3-13(4-6-14-7-5-13)10-15-9-12-8-11(2)16-17-12/h8,14-15H,3-7,9-10H2,1-2H3. The van der Waals surface area contributed by atoms with E-state index in [1.807, 2.05) is 13.0 Å². The van der Waals surface area contributed by atoms with Gasteiger partial charge in [0, 0.05) is 12.6 Å². The van der Waals surface area contributed by atoms with Crippen molar-refractivity contribution in [2.45, 2.75) is 39.7 Å². The SMILES string of the molecule is CCC1(CNCc2cc(C)no2)CCNCC1. The van der Waals surface area contributed by atoms with Gasteiger partial charge in [0.15, 0.2) is 5.76 Å². The molecule has 0 spiro atoms. The van der Waals surface area contributed by atoms with Crippen LogP contribution in [0, 0.1) is 12.3 Å². The molecule has 1 fully saturated rings. The Morgan fingerprint density at radius 2 is 2.24 bits per heavy atom. The number of aryl methyl sites for hydroxylation is 1. The van der Waals surface area contributed by atoms with E-state index in [1.54, 1.807) is 0 Å². The third-order valence-corrected chi connectivity index (χ3v) is 3.89. The van der Waals surface area contributed by atoms with Crippen LogP contribution in [0.25, 0.3) is 0 Å². The van der Waals surface area contributed by atoms with E-state index in [-0.39, 0.29) is 0 Å². The summed E-state index contributed by atoms with van der Waals surface area (Å²) in [7, 11) is 0. The summed E-state index contributed by atoms with van der Waals surface area (Å²) in [6.07, 6.45) is 3.79. The van der Waals surface area contributed by atoms with Crippen LogP contribution in [0.5, 0.6) is 0 Å². The van der Waals surface area contributed by atoms with Gasteiger partial charge in [-0.1, -0.05) is 12.1 Å². The molecular formula is C13H23N3O. The normalized spacial score (nSPS) is 19.4. The molecule has 1 aromatic heterocycles. The number of hydrogen-bond acceptors (Lipinski definition) is 4. The molecule has 1 aromatic rings. The zero-order valence-electron chi connectivity index (χ0n) is 10.9. The Hall–Kier alpha value is -0.870. The van der Waals surface area contributed by atoms with Gasteiger partial charge in [0.25, 0.3) is 0 Å². The van der Waals surface area contributed by atoms with Crippen LogP contribution in [0.2, 0.25) is 0 Å². The summed E-state index contributed by atoms with van der Waals surface area (Å²) < 4.78 is 5.20. The molecule has 0 saturated carbocycles. The van der Waals surface area contributed by atoms with Crippen LogP contribution in [0.4, 0.5) is 0 Å². The van der Waals surface area contributed by atoms with Crippen LogP contribution in [0.3, 0.4) is 0 Å². The highest BCUT2D eigenvalue weighted by Crippen LogP contribution is 2.31. The van der Waals surface area contributed by atoms with E-state index in [9.17, 15) is 0 Å². The average molecular weight is 237 g/mol. The third-order valence-electron chi connectivity index (χ3n) is 3.89. The van der Waals surface area contributed by atoms with Gasteiger partial charge in [-0.15, -0.1) is 0 Å². The fourth-order valence-electron chi connectivity index (χ4n) is 2.56. The average Bonchev–Trinajstić information content (AvgIpc) is 2.76. The molecule has 2 heterocycles. The maximum Gasteiger partial charge on any atom is 0.150 e. The summed E-state index contributed by atoms with van der Waals surface area (Å²) in [6, 6.07) is 1.99. The minimum absolute atomic E-state index is 0.473. The van der Waals surface area contributed by atoms with Gasteiger partial charge in [0.05, 0.1) is 12.2 Å². The lowest BCUT2D eigenvalue weighted by atomic mass is 9.76. The molecule has 0 atom stereocenters. The number of aromatic nitrogens is 1. The predicted molar refractivity (Wildman–Crippen MR) is 67.8 cm³/mol. The minimum Gasteiger partial charge on any atom is -0.360 e. The molecule has 17 heavy (non-hydrogen) atoms. The zero-order valence-corrected chi connectivity index (χ0v) is 10.9. The summed E-state index contributed by atoms with van der Waals surface area (Å²) in [6.45, 7) is 8.41. The molecule has 0 radical (unpaired) electrons. The summed E-state index contributed by atoms with van der Waals surface area (Å²) in [5.74, 6) is 0.933. The van der Waals surface area contributed by atoms with Gasteiger partial charge in [-0.3, -0.25) is 0 Å². The third kappa shape index (κ3) is 3.30. The largest absolute Gasteiger partial charge is 0.360 e. The molecule has 1 aliphatic heterocycles. The molecule has 4 heteroatoms. The highest BCUT2D eigenvalue weighted by molar-refractivity contribution is 5.02. The second-order valence-corrected chi connectivity index (χ2v) is 5.14. The van der Waals surface area contributed by atoms with Gasteiger partial charge >= 0.3 is 0 Å². The van der Waals surface area contributed by atoms with Crippen molar-refractivity contribution < 1.29 is 4.52 Å². The van der Waals surface area contributed by atoms with E-state index in [0.717, 1.165) is 37.6 Å². The highest BCUT2D eigenvalue weighted by atomic mass is 16.5. The fourth-order valence-corrected chi connectivity index (χ4v) is 2.56. The lowest BCUT2D eigenvalue weighted by molar-refractivity contribution is 0.183. The number of rotatable bonds is 5. The second-order valence-electron chi connectivity index (χ2n) is 5.14. The lowest BCUT2D eigenvalue weighted by Gasteiger charge is -2.37. The van der Waals surface area contributed by atoms with Crippen molar-refractivity contribution >= 4 is 0 Å². The van der Waals surface area contributed by atoms with Crippen LogP contribution in [-0.4, -0.2) is 24.8 Å². The first-order valence-corrected chi connectivity index (χ1v) is 6.58. The smallest absolute Gasteiger partial charge is 0.150 e. The summed E-state index contributed by atoms with van der Waals surface area (Å²) in [5.41, 5.74) is 1.43. The van der Waals surface area contributed by atoms with E-state index in [1.165, 1.54) is 19.3 Å². The molecule has 0 aliphatic carbocycles. The molecule has 0 amide bonds. The van der Waals surface area contributed by atoms with Crippen molar-refractivity contribution in [3.8, 4) is 0 Å². The van der Waals surface area contributed by atoms with Gasteiger partial charge < -0.3 is 15.2 Å². The topological polar surface area (TPSA) is 50.1 Å². The van der Waals surface area contributed by atoms with E-state index in [2.05, 4.69) is 22.7 Å². The fraction of sp³-hybridized carbons (Fsp3) is 0.769. The van der Waals surface area contributed by atoms with Crippen molar-refractivity contribution in [3.05, 3.63) is 17.5 Å². The molecule has 2 N–H and O–H groups in total. The summed E-state index contributed by atoms with van der Waals surface area (Å²) >= 11 is 0. The Labute approximate surface area is 103 Å². The monoisotopic (exact) mass is 237 g/mol. The first-order valence-electron chi connectivity index (χ1n) is 6.58. The Bertz CT molecular complexity index is 342. The van der Waals surface area contributed by atoms with Crippen molar-refractivity contribution in [1.29, 1.82) is 0 Å². The highest BCUT2D eigenvalue weighted by Gasteiger charge is 2.29. The summed E-state index contributed by atoms with van der Waals surface area (Å²) in [4.78, 5) is 0. The molecule has 0 aromatic carbocycles. The molecule has 96 valence electrons. The second kappa shape index (κ2) is 5.65. The first kappa shape index (κ1) is 12.6. The van der Waals surface area contributed by atoms with Gasteiger partial charge in [0.1, 0.15) is 0 Å².